The molecular weight excluding hydrogens is 647 g/mol. The molecule has 11 rings (SSSR count). The smallest absolute Gasteiger partial charge is 0.137 e. The third-order valence-corrected chi connectivity index (χ3v) is 11.4. The van der Waals surface area contributed by atoms with E-state index in [4.69, 9.17) is 8.83 Å². The minimum absolute atomic E-state index is 0.336. The van der Waals surface area contributed by atoms with Gasteiger partial charge in [0.15, 0.2) is 0 Å². The van der Waals surface area contributed by atoms with E-state index >= 15 is 0 Å². The van der Waals surface area contributed by atoms with Gasteiger partial charge in [0.1, 0.15) is 22.3 Å². The molecule has 250 valence electrons. The van der Waals surface area contributed by atoms with Gasteiger partial charge in [-0.05, 0) is 100 Å². The van der Waals surface area contributed by atoms with Crippen LogP contribution in [0.1, 0.15) is 23.6 Å². The van der Waals surface area contributed by atoms with Gasteiger partial charge >= 0.3 is 0 Å². The van der Waals surface area contributed by atoms with Gasteiger partial charge < -0.3 is 13.7 Å². The zero-order chi connectivity index (χ0) is 35.1. The molecule has 0 unspecified atom stereocenters. The van der Waals surface area contributed by atoms with Crippen LogP contribution < -0.4 is 4.90 Å². The highest BCUT2D eigenvalue weighted by molar-refractivity contribution is 6.10. The SMILES string of the molecule is CC1(c2cccc3oc4cc(N(c5ccc(-c6ccccc6)cc5)c5ccc6oc7ccccc7c6c5)ccc4c23)c2ccccc2-c2ccccc21. The first-order valence-corrected chi connectivity index (χ1v) is 18.2. The summed E-state index contributed by atoms with van der Waals surface area (Å²) < 4.78 is 13.0. The van der Waals surface area contributed by atoms with Crippen molar-refractivity contribution >= 4 is 60.9 Å². The van der Waals surface area contributed by atoms with Crippen molar-refractivity contribution < 1.29 is 8.83 Å². The molecule has 0 fully saturated rings. The van der Waals surface area contributed by atoms with Crippen molar-refractivity contribution in [3.63, 3.8) is 0 Å². The second kappa shape index (κ2) is 11.3. The summed E-state index contributed by atoms with van der Waals surface area (Å²) >= 11 is 0. The molecule has 1 aliphatic carbocycles. The average molecular weight is 680 g/mol. The topological polar surface area (TPSA) is 29.5 Å². The Hall–Kier alpha value is -6.84. The Morgan fingerprint density at radius 3 is 1.74 bits per heavy atom. The molecule has 0 spiro atoms. The number of nitrogens with zero attached hydrogens (tertiary/aromatic N) is 1. The molecule has 8 aromatic carbocycles. The zero-order valence-electron chi connectivity index (χ0n) is 29.1. The summed E-state index contributed by atoms with van der Waals surface area (Å²) in [4.78, 5) is 2.31. The van der Waals surface area contributed by atoms with Gasteiger partial charge in [-0.2, -0.15) is 0 Å². The summed E-state index contributed by atoms with van der Waals surface area (Å²) in [7, 11) is 0. The van der Waals surface area contributed by atoms with Crippen molar-refractivity contribution in [2.75, 3.05) is 4.90 Å². The molecule has 1 aliphatic rings. The maximum atomic E-state index is 6.79. The second-order valence-corrected chi connectivity index (χ2v) is 14.2. The lowest BCUT2D eigenvalue weighted by Crippen LogP contribution is -2.22. The molecule has 10 aromatic rings. The van der Waals surface area contributed by atoms with E-state index in [1.807, 2.05) is 12.1 Å². The first-order chi connectivity index (χ1) is 26.1. The van der Waals surface area contributed by atoms with Crippen LogP contribution in [0, 0.1) is 0 Å². The highest BCUT2D eigenvalue weighted by Crippen LogP contribution is 2.54. The third-order valence-electron chi connectivity index (χ3n) is 11.4. The molecule has 0 saturated carbocycles. The maximum absolute atomic E-state index is 6.79. The summed E-state index contributed by atoms with van der Waals surface area (Å²) in [5, 5.41) is 4.46. The fraction of sp³-hybridized carbons (Fsp3) is 0.0400. The number of anilines is 3. The number of hydrogen-bond donors (Lipinski definition) is 0. The first kappa shape index (κ1) is 29.8. The van der Waals surface area contributed by atoms with E-state index in [-0.39, 0.29) is 5.41 Å². The molecule has 2 aromatic heterocycles. The number of hydrogen-bond acceptors (Lipinski definition) is 3. The van der Waals surface area contributed by atoms with Gasteiger partial charge in [0, 0.05) is 50.1 Å². The average Bonchev–Trinajstić information content (AvgIpc) is 3.87. The van der Waals surface area contributed by atoms with E-state index in [9.17, 15) is 0 Å². The number of para-hydroxylation sites is 1. The van der Waals surface area contributed by atoms with Crippen molar-refractivity contribution in [2.24, 2.45) is 0 Å². The van der Waals surface area contributed by atoms with Crippen LogP contribution in [0.25, 0.3) is 66.1 Å². The molecule has 3 nitrogen and oxygen atoms in total. The van der Waals surface area contributed by atoms with Crippen LogP contribution in [0.3, 0.4) is 0 Å². The molecule has 0 N–H and O–H groups in total. The lowest BCUT2D eigenvalue weighted by atomic mass is 9.73. The Bertz CT molecular complexity index is 2980. The molecule has 0 radical (unpaired) electrons. The van der Waals surface area contributed by atoms with Crippen molar-refractivity contribution in [1.29, 1.82) is 0 Å². The predicted molar refractivity (Wildman–Crippen MR) is 219 cm³/mol. The largest absolute Gasteiger partial charge is 0.456 e. The summed E-state index contributed by atoms with van der Waals surface area (Å²) in [6, 6.07) is 64.9. The van der Waals surface area contributed by atoms with E-state index in [0.29, 0.717) is 0 Å². The molecule has 0 bridgehead atoms. The summed E-state index contributed by atoms with van der Waals surface area (Å²) in [5.74, 6) is 0. The number of rotatable bonds is 5. The lowest BCUT2D eigenvalue weighted by molar-refractivity contribution is 0.666. The van der Waals surface area contributed by atoms with Crippen LogP contribution in [-0.2, 0) is 5.41 Å². The molecular formula is C50H33NO2. The van der Waals surface area contributed by atoms with Gasteiger partial charge in [-0.15, -0.1) is 0 Å². The molecule has 0 aliphatic heterocycles. The summed E-state index contributed by atoms with van der Waals surface area (Å²) in [6.07, 6.45) is 0. The lowest BCUT2D eigenvalue weighted by Gasteiger charge is -2.29. The van der Waals surface area contributed by atoms with Gasteiger partial charge in [0.2, 0.25) is 0 Å². The Morgan fingerprint density at radius 2 is 0.943 bits per heavy atom. The minimum atomic E-state index is -0.336. The van der Waals surface area contributed by atoms with E-state index in [1.54, 1.807) is 0 Å². The normalized spacial score (nSPS) is 13.2. The van der Waals surface area contributed by atoms with Gasteiger partial charge in [-0.25, -0.2) is 0 Å². The molecule has 2 heterocycles. The predicted octanol–water partition coefficient (Wildman–Crippen LogP) is 14.0. The molecule has 53 heavy (non-hydrogen) atoms. The molecule has 3 heteroatoms. The fourth-order valence-electron chi connectivity index (χ4n) is 8.85. The van der Waals surface area contributed by atoms with Gasteiger partial charge in [-0.3, -0.25) is 0 Å². The van der Waals surface area contributed by atoms with Crippen LogP contribution in [0.2, 0.25) is 0 Å². The van der Waals surface area contributed by atoms with E-state index in [0.717, 1.165) is 60.9 Å². The molecule has 0 atom stereocenters. The van der Waals surface area contributed by atoms with Gasteiger partial charge in [0.05, 0.1) is 0 Å². The number of furan rings is 2. The van der Waals surface area contributed by atoms with Crippen LogP contribution >= 0.6 is 0 Å². The van der Waals surface area contributed by atoms with Gasteiger partial charge in [-0.1, -0.05) is 121 Å². The number of fused-ring (bicyclic) bond motifs is 9. The fourth-order valence-corrected chi connectivity index (χ4v) is 8.85. The highest BCUT2D eigenvalue weighted by atomic mass is 16.3. The monoisotopic (exact) mass is 679 g/mol. The zero-order valence-corrected chi connectivity index (χ0v) is 29.1. The van der Waals surface area contributed by atoms with Crippen molar-refractivity contribution in [1.82, 2.24) is 0 Å². The third kappa shape index (κ3) is 4.41. The maximum Gasteiger partial charge on any atom is 0.137 e. The molecule has 0 amide bonds. The summed E-state index contributed by atoms with van der Waals surface area (Å²) in [6.45, 7) is 2.37. The van der Waals surface area contributed by atoms with Crippen LogP contribution in [0.15, 0.2) is 191 Å². The second-order valence-electron chi connectivity index (χ2n) is 14.2. The number of benzene rings is 8. The van der Waals surface area contributed by atoms with E-state index in [1.165, 1.54) is 38.9 Å². The van der Waals surface area contributed by atoms with Gasteiger partial charge in [0.25, 0.3) is 0 Å². The van der Waals surface area contributed by atoms with Crippen molar-refractivity contribution in [3.05, 3.63) is 199 Å². The Morgan fingerprint density at radius 1 is 0.377 bits per heavy atom. The molecule has 0 saturated heterocycles. The standard InChI is InChI=1S/C50H33NO2/c1-50(42-17-8-5-14-37(42)38-15-6-9-18-43(38)50)44-19-11-21-47-49(44)40-28-26-36(31-48(40)53-47)51(34-24-22-33(23-25-34)32-12-3-2-4-13-32)35-27-29-46-41(30-35)39-16-7-10-20-45(39)52-46/h2-31H,1H3. The van der Waals surface area contributed by atoms with Crippen molar-refractivity contribution in [2.45, 2.75) is 12.3 Å². The Balaban J connectivity index is 1.10. The minimum Gasteiger partial charge on any atom is -0.456 e. The highest BCUT2D eigenvalue weighted by Gasteiger charge is 2.42. The summed E-state index contributed by atoms with van der Waals surface area (Å²) in [5.41, 5.74) is 15.2. The van der Waals surface area contributed by atoms with E-state index in [2.05, 4.69) is 182 Å². The van der Waals surface area contributed by atoms with Crippen LogP contribution in [0.4, 0.5) is 17.1 Å². The van der Waals surface area contributed by atoms with Crippen LogP contribution in [0.5, 0.6) is 0 Å². The van der Waals surface area contributed by atoms with E-state index < -0.39 is 0 Å². The first-order valence-electron chi connectivity index (χ1n) is 18.2. The Labute approximate surface area is 307 Å². The van der Waals surface area contributed by atoms with Crippen molar-refractivity contribution in [3.8, 4) is 22.3 Å². The quantitative estimate of drug-likeness (QED) is 0.181. The van der Waals surface area contributed by atoms with Crippen LogP contribution in [-0.4, -0.2) is 0 Å². The Kier molecular flexibility index (Phi) is 6.38.